The van der Waals surface area contributed by atoms with Crippen LogP contribution in [0.4, 0.5) is 5.69 Å². The van der Waals surface area contributed by atoms with Crippen molar-refractivity contribution in [2.75, 3.05) is 5.32 Å². The van der Waals surface area contributed by atoms with Gasteiger partial charge in [-0.2, -0.15) is 5.26 Å². The Morgan fingerprint density at radius 3 is 2.55 bits per heavy atom. The number of nitrogens with one attached hydrogen (secondary N) is 2. The summed E-state index contributed by atoms with van der Waals surface area (Å²) in [6.45, 7) is 3.89. The first-order valence-electron chi connectivity index (χ1n) is 6.99. The average Bonchev–Trinajstić information content (AvgIpc) is 2.85. The third kappa shape index (κ3) is 2.33. The van der Waals surface area contributed by atoms with Crippen LogP contribution in [-0.2, 0) is 0 Å². The number of carbonyl (C=O) groups excluding carboxylic acids is 1. The number of nitrogens with zero attached hydrogens (tertiary/aromatic N) is 1. The number of fused-ring (bicyclic) bond motifs is 1. The highest BCUT2D eigenvalue weighted by Gasteiger charge is 2.17. The molecule has 2 aromatic carbocycles. The molecule has 1 heterocycles. The number of nitriles is 1. The van der Waals surface area contributed by atoms with Crippen LogP contribution in [0.1, 0.15) is 27.2 Å². The van der Waals surface area contributed by atoms with Gasteiger partial charge in [-0.15, -0.1) is 0 Å². The SMILES string of the molecule is Cc1[nH]c2cccc(C)c2c1C(=O)Nc1ccc(C#N)cc1. The Bertz CT molecular complexity index is 898. The predicted octanol–water partition coefficient (Wildman–Crippen LogP) is 3.91. The van der Waals surface area contributed by atoms with Gasteiger partial charge in [0.2, 0.25) is 0 Å². The van der Waals surface area contributed by atoms with Crippen LogP contribution in [0.25, 0.3) is 10.9 Å². The number of H-pyrrole nitrogens is 1. The summed E-state index contributed by atoms with van der Waals surface area (Å²) in [6.07, 6.45) is 0. The van der Waals surface area contributed by atoms with E-state index in [1.54, 1.807) is 24.3 Å². The second-order valence-corrected chi connectivity index (χ2v) is 5.27. The quantitative estimate of drug-likeness (QED) is 0.751. The van der Waals surface area contributed by atoms with Gasteiger partial charge < -0.3 is 10.3 Å². The van der Waals surface area contributed by atoms with Gasteiger partial charge in [0.15, 0.2) is 0 Å². The first-order valence-corrected chi connectivity index (χ1v) is 6.99. The second kappa shape index (κ2) is 5.38. The average molecular weight is 289 g/mol. The summed E-state index contributed by atoms with van der Waals surface area (Å²) in [5.41, 5.74) is 4.77. The molecule has 0 bridgehead atoms. The number of aromatic amines is 1. The van der Waals surface area contributed by atoms with Gasteiger partial charge in [0.05, 0.1) is 17.2 Å². The molecule has 0 saturated heterocycles. The van der Waals surface area contributed by atoms with E-state index in [-0.39, 0.29) is 5.91 Å². The lowest BCUT2D eigenvalue weighted by atomic mass is 10.1. The highest BCUT2D eigenvalue weighted by atomic mass is 16.1. The van der Waals surface area contributed by atoms with Crippen molar-refractivity contribution >= 4 is 22.5 Å². The van der Waals surface area contributed by atoms with E-state index < -0.39 is 0 Å². The Labute approximate surface area is 128 Å². The number of rotatable bonds is 2. The molecule has 4 heteroatoms. The second-order valence-electron chi connectivity index (χ2n) is 5.27. The molecule has 4 nitrogen and oxygen atoms in total. The van der Waals surface area contributed by atoms with Crippen molar-refractivity contribution in [2.24, 2.45) is 0 Å². The Hall–Kier alpha value is -3.06. The predicted molar refractivity (Wildman–Crippen MR) is 86.9 cm³/mol. The zero-order valence-corrected chi connectivity index (χ0v) is 12.4. The van der Waals surface area contributed by atoms with E-state index in [9.17, 15) is 4.79 Å². The Morgan fingerprint density at radius 2 is 1.86 bits per heavy atom. The van der Waals surface area contributed by atoms with E-state index >= 15 is 0 Å². The smallest absolute Gasteiger partial charge is 0.258 e. The molecule has 1 aromatic heterocycles. The fourth-order valence-corrected chi connectivity index (χ4v) is 2.66. The van der Waals surface area contributed by atoms with Crippen LogP contribution in [-0.4, -0.2) is 10.9 Å². The highest BCUT2D eigenvalue weighted by Crippen LogP contribution is 2.26. The van der Waals surface area contributed by atoms with Crippen molar-refractivity contribution in [1.82, 2.24) is 4.98 Å². The Morgan fingerprint density at radius 1 is 1.14 bits per heavy atom. The summed E-state index contributed by atoms with van der Waals surface area (Å²) in [6, 6.07) is 14.8. The molecule has 0 atom stereocenters. The largest absolute Gasteiger partial charge is 0.358 e. The minimum Gasteiger partial charge on any atom is -0.358 e. The molecule has 0 radical (unpaired) electrons. The molecule has 0 fully saturated rings. The van der Waals surface area contributed by atoms with Crippen LogP contribution in [0.3, 0.4) is 0 Å². The van der Waals surface area contributed by atoms with Crippen molar-refractivity contribution in [3.63, 3.8) is 0 Å². The number of hydrogen-bond acceptors (Lipinski definition) is 2. The van der Waals surface area contributed by atoms with Crippen LogP contribution < -0.4 is 5.32 Å². The monoisotopic (exact) mass is 289 g/mol. The van der Waals surface area contributed by atoms with Crippen molar-refractivity contribution in [3.05, 3.63) is 64.8 Å². The van der Waals surface area contributed by atoms with E-state index in [0.29, 0.717) is 16.8 Å². The molecule has 3 rings (SSSR count). The summed E-state index contributed by atoms with van der Waals surface area (Å²) in [5.74, 6) is -0.150. The zero-order valence-electron chi connectivity index (χ0n) is 12.4. The Kier molecular flexibility index (Phi) is 3.40. The van der Waals surface area contributed by atoms with Crippen LogP contribution in [0.2, 0.25) is 0 Å². The molecule has 3 aromatic rings. The van der Waals surface area contributed by atoms with Crippen molar-refractivity contribution in [3.8, 4) is 6.07 Å². The number of aromatic nitrogens is 1. The maximum Gasteiger partial charge on any atom is 0.258 e. The van der Waals surface area contributed by atoms with Gasteiger partial charge in [0.1, 0.15) is 0 Å². The Balaban J connectivity index is 1.98. The standard InChI is InChI=1S/C18H15N3O/c1-11-4-3-5-15-16(11)17(12(2)20-15)18(22)21-14-8-6-13(10-19)7-9-14/h3-9,20H,1-2H3,(H,21,22). The van der Waals surface area contributed by atoms with E-state index in [1.807, 2.05) is 32.0 Å². The van der Waals surface area contributed by atoms with Crippen LogP contribution in [0, 0.1) is 25.2 Å². The molecule has 0 aliphatic rings. The molecule has 0 unspecified atom stereocenters. The maximum atomic E-state index is 12.6. The van der Waals surface area contributed by atoms with Crippen LogP contribution >= 0.6 is 0 Å². The molecule has 0 spiro atoms. The maximum absolute atomic E-state index is 12.6. The van der Waals surface area contributed by atoms with Crippen molar-refractivity contribution < 1.29 is 4.79 Å². The van der Waals surface area contributed by atoms with E-state index in [4.69, 9.17) is 5.26 Å². The first-order chi connectivity index (χ1) is 10.6. The van der Waals surface area contributed by atoms with Gasteiger partial charge in [0, 0.05) is 22.3 Å². The van der Waals surface area contributed by atoms with Gasteiger partial charge in [0.25, 0.3) is 5.91 Å². The fourth-order valence-electron chi connectivity index (χ4n) is 2.66. The van der Waals surface area contributed by atoms with Crippen LogP contribution in [0.5, 0.6) is 0 Å². The molecular formula is C18H15N3O. The molecule has 0 saturated carbocycles. The van der Waals surface area contributed by atoms with Gasteiger partial charge >= 0.3 is 0 Å². The van der Waals surface area contributed by atoms with Gasteiger partial charge in [-0.3, -0.25) is 4.79 Å². The topological polar surface area (TPSA) is 68.7 Å². The number of carbonyl (C=O) groups is 1. The summed E-state index contributed by atoms with van der Waals surface area (Å²) < 4.78 is 0. The van der Waals surface area contributed by atoms with Gasteiger partial charge in [-0.1, -0.05) is 12.1 Å². The van der Waals surface area contributed by atoms with Crippen LogP contribution in [0.15, 0.2) is 42.5 Å². The zero-order chi connectivity index (χ0) is 15.7. The summed E-state index contributed by atoms with van der Waals surface area (Å²) in [5, 5.41) is 12.6. The number of hydrogen-bond donors (Lipinski definition) is 2. The first kappa shape index (κ1) is 13.9. The van der Waals surface area contributed by atoms with E-state index in [0.717, 1.165) is 22.2 Å². The normalized spacial score (nSPS) is 10.4. The lowest BCUT2D eigenvalue weighted by molar-refractivity contribution is 0.102. The number of benzene rings is 2. The lowest BCUT2D eigenvalue weighted by Gasteiger charge is -2.06. The third-order valence-corrected chi connectivity index (χ3v) is 3.72. The fraction of sp³-hybridized carbons (Fsp3) is 0.111. The highest BCUT2D eigenvalue weighted by molar-refractivity contribution is 6.14. The molecule has 22 heavy (non-hydrogen) atoms. The lowest BCUT2D eigenvalue weighted by Crippen LogP contribution is -2.13. The summed E-state index contributed by atoms with van der Waals surface area (Å²) in [4.78, 5) is 15.9. The minimum atomic E-state index is -0.150. The molecule has 0 aliphatic heterocycles. The summed E-state index contributed by atoms with van der Waals surface area (Å²) in [7, 11) is 0. The molecular weight excluding hydrogens is 274 g/mol. The molecule has 2 N–H and O–H groups in total. The number of aryl methyl sites for hydroxylation is 2. The van der Waals surface area contributed by atoms with Crippen molar-refractivity contribution in [2.45, 2.75) is 13.8 Å². The van der Waals surface area contributed by atoms with Gasteiger partial charge in [-0.25, -0.2) is 0 Å². The summed E-state index contributed by atoms with van der Waals surface area (Å²) >= 11 is 0. The minimum absolute atomic E-state index is 0.150. The molecule has 108 valence electrons. The van der Waals surface area contributed by atoms with Gasteiger partial charge in [-0.05, 0) is 49.7 Å². The number of amides is 1. The number of anilines is 1. The van der Waals surface area contributed by atoms with E-state index in [2.05, 4.69) is 16.4 Å². The third-order valence-electron chi connectivity index (χ3n) is 3.72. The van der Waals surface area contributed by atoms with Crippen molar-refractivity contribution in [1.29, 1.82) is 5.26 Å². The van der Waals surface area contributed by atoms with E-state index in [1.165, 1.54) is 0 Å². The molecule has 0 aliphatic carbocycles. The molecule has 1 amide bonds.